The molecule has 1 aliphatic rings. The Labute approximate surface area is 77.0 Å². The van der Waals surface area contributed by atoms with Gasteiger partial charge >= 0.3 is 0 Å². The van der Waals surface area contributed by atoms with Crippen molar-refractivity contribution in [1.82, 2.24) is 0 Å². The fourth-order valence-electron chi connectivity index (χ4n) is 1.52. The second kappa shape index (κ2) is 3.57. The third-order valence-corrected chi connectivity index (χ3v) is 3.17. The van der Waals surface area contributed by atoms with Crippen LogP contribution in [0.5, 0.6) is 0 Å². The predicted octanol–water partition coefficient (Wildman–Crippen LogP) is 2.51. The lowest BCUT2D eigenvalue weighted by Crippen LogP contribution is -2.14. The van der Waals surface area contributed by atoms with Crippen molar-refractivity contribution in [3.63, 3.8) is 0 Å². The van der Waals surface area contributed by atoms with Gasteiger partial charge in [-0.05, 0) is 36.3 Å². The Morgan fingerprint density at radius 2 is 2.36 bits per heavy atom. The summed E-state index contributed by atoms with van der Waals surface area (Å²) in [4.78, 5) is 1.42. The quantitative estimate of drug-likeness (QED) is 0.667. The molecule has 0 aromatic carbocycles. The molecule has 0 fully saturated rings. The monoisotopic (exact) mass is 189 g/mol. The Bertz CT molecular complexity index is 234. The molecule has 1 aliphatic carbocycles. The van der Waals surface area contributed by atoms with Crippen LogP contribution in [0.2, 0.25) is 0 Å². The summed E-state index contributed by atoms with van der Waals surface area (Å²) in [7, 11) is 0. The van der Waals surface area contributed by atoms with Gasteiger partial charge < -0.3 is 5.73 Å². The summed E-state index contributed by atoms with van der Waals surface area (Å²) < 4.78 is 0. The molecule has 0 aliphatic heterocycles. The molecule has 2 N–H and O–H groups in total. The Morgan fingerprint density at radius 3 is 3.09 bits per heavy atom. The summed E-state index contributed by atoms with van der Waals surface area (Å²) >= 11 is 1.81. The van der Waals surface area contributed by atoms with Crippen LogP contribution in [0.15, 0.2) is 11.4 Å². The van der Waals surface area contributed by atoms with Gasteiger partial charge in [0.25, 0.3) is 0 Å². The number of halogens is 1. The van der Waals surface area contributed by atoms with Crippen LogP contribution in [0.4, 0.5) is 0 Å². The first-order valence-electron chi connectivity index (χ1n) is 3.70. The molecular formula is C8H12ClNS. The van der Waals surface area contributed by atoms with Crippen LogP contribution in [0.1, 0.15) is 29.3 Å². The van der Waals surface area contributed by atoms with Gasteiger partial charge in [0.1, 0.15) is 0 Å². The van der Waals surface area contributed by atoms with E-state index in [1.165, 1.54) is 29.7 Å². The van der Waals surface area contributed by atoms with Crippen molar-refractivity contribution in [1.29, 1.82) is 0 Å². The number of thiophene rings is 1. The van der Waals surface area contributed by atoms with Gasteiger partial charge in [-0.3, -0.25) is 0 Å². The molecule has 11 heavy (non-hydrogen) atoms. The molecule has 0 bridgehead atoms. The summed E-state index contributed by atoms with van der Waals surface area (Å²) in [5, 5.41) is 2.15. The van der Waals surface area contributed by atoms with E-state index >= 15 is 0 Å². The van der Waals surface area contributed by atoms with Gasteiger partial charge in [0.15, 0.2) is 0 Å². The maximum Gasteiger partial charge on any atom is 0.0392 e. The topological polar surface area (TPSA) is 26.0 Å². The summed E-state index contributed by atoms with van der Waals surface area (Å²) in [6.45, 7) is 0. The normalized spacial score (nSPS) is 22.1. The zero-order chi connectivity index (χ0) is 6.97. The molecular weight excluding hydrogens is 178 g/mol. The molecule has 1 atom stereocenters. The minimum absolute atomic E-state index is 0. The molecule has 1 nitrogen and oxygen atoms in total. The molecule has 1 heterocycles. The molecule has 1 aromatic heterocycles. The highest BCUT2D eigenvalue weighted by molar-refractivity contribution is 7.10. The number of rotatable bonds is 0. The highest BCUT2D eigenvalue weighted by Gasteiger charge is 2.16. The third kappa shape index (κ3) is 1.58. The van der Waals surface area contributed by atoms with E-state index in [0.717, 1.165) is 0 Å². The Morgan fingerprint density at radius 1 is 1.55 bits per heavy atom. The van der Waals surface area contributed by atoms with E-state index in [0.29, 0.717) is 6.04 Å². The van der Waals surface area contributed by atoms with Crippen molar-refractivity contribution in [2.45, 2.75) is 25.3 Å². The van der Waals surface area contributed by atoms with Gasteiger partial charge in [0.2, 0.25) is 0 Å². The van der Waals surface area contributed by atoms with Crippen molar-refractivity contribution >= 4 is 23.7 Å². The highest BCUT2D eigenvalue weighted by atomic mass is 35.5. The lowest BCUT2D eigenvalue weighted by molar-refractivity contribution is 0.582. The molecule has 62 valence electrons. The summed E-state index contributed by atoms with van der Waals surface area (Å²) in [5.41, 5.74) is 7.39. The lowest BCUT2D eigenvalue weighted by Gasteiger charge is -2.17. The smallest absolute Gasteiger partial charge is 0.0392 e. The molecule has 1 unspecified atom stereocenters. The minimum atomic E-state index is 0. The van der Waals surface area contributed by atoms with Gasteiger partial charge in [-0.25, -0.2) is 0 Å². The minimum Gasteiger partial charge on any atom is -0.323 e. The average Bonchev–Trinajstić information content (AvgIpc) is 2.36. The van der Waals surface area contributed by atoms with Gasteiger partial charge in [-0.1, -0.05) is 0 Å². The summed E-state index contributed by atoms with van der Waals surface area (Å²) in [5.74, 6) is 0. The molecule has 0 amide bonds. The maximum absolute atomic E-state index is 5.90. The number of aryl methyl sites for hydroxylation is 1. The molecule has 0 saturated heterocycles. The van der Waals surface area contributed by atoms with Crippen LogP contribution in [0, 0.1) is 0 Å². The van der Waals surface area contributed by atoms with Crippen LogP contribution in [0.25, 0.3) is 0 Å². The first kappa shape index (κ1) is 9.04. The molecule has 3 heteroatoms. The molecule has 0 radical (unpaired) electrons. The van der Waals surface area contributed by atoms with Crippen molar-refractivity contribution in [2.24, 2.45) is 5.73 Å². The number of nitrogens with two attached hydrogens (primary N) is 1. The zero-order valence-electron chi connectivity index (χ0n) is 6.25. The van der Waals surface area contributed by atoms with Gasteiger partial charge in [0, 0.05) is 10.9 Å². The summed E-state index contributed by atoms with van der Waals surface area (Å²) in [6, 6.07) is 2.54. The third-order valence-electron chi connectivity index (χ3n) is 2.08. The number of hydrogen-bond acceptors (Lipinski definition) is 2. The van der Waals surface area contributed by atoms with E-state index in [1.54, 1.807) is 0 Å². The van der Waals surface area contributed by atoms with E-state index in [1.807, 2.05) is 11.3 Å². The van der Waals surface area contributed by atoms with Crippen LogP contribution in [-0.4, -0.2) is 0 Å². The maximum atomic E-state index is 5.90. The van der Waals surface area contributed by atoms with Crippen LogP contribution < -0.4 is 5.73 Å². The first-order chi connectivity index (χ1) is 4.88. The van der Waals surface area contributed by atoms with E-state index in [-0.39, 0.29) is 12.4 Å². The molecule has 2 rings (SSSR count). The average molecular weight is 190 g/mol. The van der Waals surface area contributed by atoms with E-state index in [2.05, 4.69) is 11.4 Å². The van der Waals surface area contributed by atoms with E-state index < -0.39 is 0 Å². The standard InChI is InChI=1S/C8H11NS.ClH/c9-7-3-1-2-6-4-5-10-8(6)7;/h4-5,7H,1-3,9H2;1H. The number of fused-ring (bicyclic) bond motifs is 1. The Kier molecular flexibility index (Phi) is 2.93. The molecule has 1 aromatic rings. The second-order valence-electron chi connectivity index (χ2n) is 2.81. The largest absolute Gasteiger partial charge is 0.323 e. The van der Waals surface area contributed by atoms with Gasteiger partial charge in [-0.2, -0.15) is 0 Å². The predicted molar refractivity (Wildman–Crippen MR) is 51.4 cm³/mol. The van der Waals surface area contributed by atoms with Gasteiger partial charge in [0.05, 0.1) is 0 Å². The van der Waals surface area contributed by atoms with Crippen molar-refractivity contribution in [3.8, 4) is 0 Å². The lowest BCUT2D eigenvalue weighted by atomic mass is 9.96. The zero-order valence-corrected chi connectivity index (χ0v) is 7.88. The van der Waals surface area contributed by atoms with Crippen LogP contribution in [0.3, 0.4) is 0 Å². The van der Waals surface area contributed by atoms with Crippen LogP contribution >= 0.6 is 23.7 Å². The molecule has 0 spiro atoms. The highest BCUT2D eigenvalue weighted by Crippen LogP contribution is 2.31. The first-order valence-corrected chi connectivity index (χ1v) is 4.58. The SMILES string of the molecule is Cl.NC1CCCc2ccsc21. The Balaban J connectivity index is 0.000000605. The fraction of sp³-hybridized carbons (Fsp3) is 0.500. The van der Waals surface area contributed by atoms with Crippen molar-refractivity contribution < 1.29 is 0 Å². The van der Waals surface area contributed by atoms with Crippen molar-refractivity contribution in [2.75, 3.05) is 0 Å². The van der Waals surface area contributed by atoms with Crippen molar-refractivity contribution in [3.05, 3.63) is 21.9 Å². The molecule has 0 saturated carbocycles. The van der Waals surface area contributed by atoms with E-state index in [4.69, 9.17) is 5.73 Å². The summed E-state index contributed by atoms with van der Waals surface area (Å²) in [6.07, 6.45) is 3.69. The second-order valence-corrected chi connectivity index (χ2v) is 3.76. The fourth-order valence-corrected chi connectivity index (χ4v) is 2.52. The van der Waals surface area contributed by atoms with Crippen LogP contribution in [-0.2, 0) is 6.42 Å². The van der Waals surface area contributed by atoms with Gasteiger partial charge in [-0.15, -0.1) is 23.7 Å². The Hall–Kier alpha value is -0.0500. The van der Waals surface area contributed by atoms with E-state index in [9.17, 15) is 0 Å². The number of hydrogen-bond donors (Lipinski definition) is 1.